The molecule has 14 heavy (non-hydrogen) atoms. The van der Waals surface area contributed by atoms with Crippen LogP contribution in [-0.4, -0.2) is 10.7 Å². The Morgan fingerprint density at radius 2 is 2.07 bits per heavy atom. The first-order valence-corrected chi connectivity index (χ1v) is 5.16. The van der Waals surface area contributed by atoms with E-state index in [-0.39, 0.29) is 0 Å². The number of aromatic nitrogens is 1. The summed E-state index contributed by atoms with van der Waals surface area (Å²) in [5.74, 6) is 0.761. The zero-order valence-electron chi connectivity index (χ0n) is 7.72. The second-order valence-electron chi connectivity index (χ2n) is 3.00. The Morgan fingerprint density at radius 1 is 1.21 bits per heavy atom. The van der Waals surface area contributed by atoms with Crippen LogP contribution in [0.3, 0.4) is 0 Å². The molecule has 0 unspecified atom stereocenters. The Morgan fingerprint density at radius 3 is 2.93 bits per heavy atom. The van der Waals surface area contributed by atoms with Crippen molar-refractivity contribution in [2.75, 3.05) is 5.75 Å². The molecule has 1 aromatic heterocycles. The van der Waals surface area contributed by atoms with Gasteiger partial charge < -0.3 is 0 Å². The van der Waals surface area contributed by atoms with E-state index in [2.05, 4.69) is 29.8 Å². The highest BCUT2D eigenvalue weighted by molar-refractivity contribution is 7.80. The number of pyridine rings is 1. The maximum atomic E-state index is 4.30. The van der Waals surface area contributed by atoms with Crippen LogP contribution in [-0.2, 0) is 0 Å². The number of hydrogen-bond donors (Lipinski definition) is 1. The molecule has 0 amide bonds. The molecule has 0 radical (unpaired) electrons. The molecule has 0 fully saturated rings. The fourth-order valence-corrected chi connectivity index (χ4v) is 1.55. The fraction of sp³-hybridized carbons (Fsp3) is 0.0833. The van der Waals surface area contributed by atoms with Gasteiger partial charge in [0.2, 0.25) is 0 Å². The molecule has 0 N–H and O–H groups in total. The zero-order valence-corrected chi connectivity index (χ0v) is 8.61. The van der Waals surface area contributed by atoms with Crippen molar-refractivity contribution in [3.05, 3.63) is 48.2 Å². The first-order chi connectivity index (χ1) is 6.92. The van der Waals surface area contributed by atoms with Gasteiger partial charge in [0.1, 0.15) is 0 Å². The van der Waals surface area contributed by atoms with E-state index in [1.165, 1.54) is 10.9 Å². The third-order valence-electron chi connectivity index (χ3n) is 2.09. The predicted octanol–water partition coefficient (Wildman–Crippen LogP) is 3.18. The molecule has 0 saturated carbocycles. The molecule has 0 aliphatic carbocycles. The van der Waals surface area contributed by atoms with Crippen LogP contribution in [0, 0.1) is 0 Å². The molecule has 0 spiro atoms. The van der Waals surface area contributed by atoms with Gasteiger partial charge in [0.15, 0.2) is 0 Å². The average Bonchev–Trinajstić information content (AvgIpc) is 2.26. The number of para-hydroxylation sites is 1. The lowest BCUT2D eigenvalue weighted by molar-refractivity contribution is 1.40. The molecule has 70 valence electrons. The molecule has 0 saturated heterocycles. The van der Waals surface area contributed by atoms with Crippen molar-refractivity contribution in [3.8, 4) is 0 Å². The van der Waals surface area contributed by atoms with Crippen molar-refractivity contribution in [2.45, 2.75) is 0 Å². The summed E-state index contributed by atoms with van der Waals surface area (Å²) in [6, 6.07) is 10.2. The highest BCUT2D eigenvalue weighted by atomic mass is 32.1. The summed E-state index contributed by atoms with van der Waals surface area (Å²) in [5, 5.41) is 1.19. The van der Waals surface area contributed by atoms with E-state index >= 15 is 0 Å². The standard InChI is InChI=1S/C12H11NS/c14-9-3-4-10-7-8-13-12-6-2-1-5-11(10)12/h1-8,14H,9H2. The minimum atomic E-state index is 0.761. The molecule has 2 rings (SSSR count). The van der Waals surface area contributed by atoms with Crippen molar-refractivity contribution in [2.24, 2.45) is 0 Å². The summed E-state index contributed by atoms with van der Waals surface area (Å²) in [5.41, 5.74) is 2.23. The Kier molecular flexibility index (Phi) is 2.84. The van der Waals surface area contributed by atoms with Crippen LogP contribution in [0.4, 0.5) is 0 Å². The molecule has 0 bridgehead atoms. The maximum Gasteiger partial charge on any atom is 0.0707 e. The lowest BCUT2D eigenvalue weighted by Gasteiger charge is -1.99. The summed E-state index contributed by atoms with van der Waals surface area (Å²) in [7, 11) is 0. The van der Waals surface area contributed by atoms with Gasteiger partial charge in [-0.3, -0.25) is 4.98 Å². The molecule has 0 aliphatic heterocycles. The van der Waals surface area contributed by atoms with Crippen LogP contribution in [0.15, 0.2) is 42.6 Å². The van der Waals surface area contributed by atoms with Gasteiger partial charge in [0.25, 0.3) is 0 Å². The van der Waals surface area contributed by atoms with Crippen molar-refractivity contribution in [3.63, 3.8) is 0 Å². The molecule has 1 aromatic carbocycles. The summed E-state index contributed by atoms with van der Waals surface area (Å²) >= 11 is 4.14. The Hall–Kier alpha value is -1.28. The van der Waals surface area contributed by atoms with Gasteiger partial charge >= 0.3 is 0 Å². The zero-order chi connectivity index (χ0) is 9.80. The fourth-order valence-electron chi connectivity index (χ4n) is 1.44. The SMILES string of the molecule is SCC=Cc1ccnc2ccccc12. The third-order valence-corrected chi connectivity index (χ3v) is 2.30. The van der Waals surface area contributed by atoms with Crippen molar-refractivity contribution >= 4 is 29.6 Å². The van der Waals surface area contributed by atoms with Gasteiger partial charge in [-0.25, -0.2) is 0 Å². The van der Waals surface area contributed by atoms with E-state index in [9.17, 15) is 0 Å². The highest BCUT2D eigenvalue weighted by Gasteiger charge is 1.96. The number of benzene rings is 1. The normalized spacial score (nSPS) is 11.2. The Balaban J connectivity index is 2.59. The molecule has 1 nitrogen and oxygen atoms in total. The van der Waals surface area contributed by atoms with Gasteiger partial charge in [0, 0.05) is 17.3 Å². The smallest absolute Gasteiger partial charge is 0.0707 e. The number of thiol groups is 1. The molecular weight excluding hydrogens is 190 g/mol. The maximum absolute atomic E-state index is 4.30. The minimum Gasteiger partial charge on any atom is -0.256 e. The van der Waals surface area contributed by atoms with E-state index < -0.39 is 0 Å². The van der Waals surface area contributed by atoms with E-state index in [0.717, 1.165) is 11.3 Å². The van der Waals surface area contributed by atoms with E-state index in [1.54, 1.807) is 0 Å². The van der Waals surface area contributed by atoms with Crippen LogP contribution in [0.5, 0.6) is 0 Å². The third kappa shape index (κ3) is 1.80. The molecular formula is C12H11NS. The Labute approximate surface area is 88.9 Å². The van der Waals surface area contributed by atoms with Gasteiger partial charge in [-0.1, -0.05) is 30.4 Å². The molecule has 2 heteroatoms. The number of fused-ring (bicyclic) bond motifs is 1. The number of rotatable bonds is 2. The second kappa shape index (κ2) is 4.29. The number of hydrogen-bond acceptors (Lipinski definition) is 2. The average molecular weight is 201 g/mol. The highest BCUT2D eigenvalue weighted by Crippen LogP contribution is 2.17. The summed E-state index contributed by atoms with van der Waals surface area (Å²) < 4.78 is 0. The largest absolute Gasteiger partial charge is 0.256 e. The first-order valence-electron chi connectivity index (χ1n) is 4.53. The van der Waals surface area contributed by atoms with Crippen LogP contribution in [0.1, 0.15) is 5.56 Å². The van der Waals surface area contributed by atoms with Crippen LogP contribution < -0.4 is 0 Å². The van der Waals surface area contributed by atoms with E-state index in [1.807, 2.05) is 36.5 Å². The summed E-state index contributed by atoms with van der Waals surface area (Å²) in [4.78, 5) is 4.30. The molecule has 0 atom stereocenters. The predicted molar refractivity (Wildman–Crippen MR) is 64.6 cm³/mol. The van der Waals surface area contributed by atoms with Crippen molar-refractivity contribution in [1.82, 2.24) is 4.98 Å². The quantitative estimate of drug-likeness (QED) is 0.736. The lowest BCUT2D eigenvalue weighted by Crippen LogP contribution is -1.81. The summed E-state index contributed by atoms with van der Waals surface area (Å²) in [6.07, 6.45) is 5.95. The molecule has 0 aliphatic rings. The van der Waals surface area contributed by atoms with Gasteiger partial charge in [-0.15, -0.1) is 0 Å². The van der Waals surface area contributed by atoms with Gasteiger partial charge in [-0.05, 0) is 17.7 Å². The Bertz CT molecular complexity index is 457. The van der Waals surface area contributed by atoms with E-state index in [4.69, 9.17) is 0 Å². The van der Waals surface area contributed by atoms with Gasteiger partial charge in [-0.2, -0.15) is 12.6 Å². The van der Waals surface area contributed by atoms with E-state index in [0.29, 0.717) is 0 Å². The summed E-state index contributed by atoms with van der Waals surface area (Å²) in [6.45, 7) is 0. The van der Waals surface area contributed by atoms with Crippen molar-refractivity contribution < 1.29 is 0 Å². The lowest BCUT2D eigenvalue weighted by atomic mass is 10.1. The van der Waals surface area contributed by atoms with Crippen LogP contribution in [0.25, 0.3) is 17.0 Å². The molecule has 2 aromatic rings. The first kappa shape index (κ1) is 9.28. The van der Waals surface area contributed by atoms with Gasteiger partial charge in [0.05, 0.1) is 5.52 Å². The van der Waals surface area contributed by atoms with Crippen LogP contribution in [0.2, 0.25) is 0 Å². The monoisotopic (exact) mass is 201 g/mol. The van der Waals surface area contributed by atoms with Crippen LogP contribution >= 0.6 is 12.6 Å². The molecule has 1 heterocycles. The second-order valence-corrected chi connectivity index (χ2v) is 3.37. The minimum absolute atomic E-state index is 0.761. The number of nitrogens with zero attached hydrogens (tertiary/aromatic N) is 1. The van der Waals surface area contributed by atoms with Crippen molar-refractivity contribution in [1.29, 1.82) is 0 Å². The topological polar surface area (TPSA) is 12.9 Å².